The first-order chi connectivity index (χ1) is 10.5. The number of amides is 1. The van der Waals surface area contributed by atoms with Crippen LogP contribution in [0, 0.1) is 6.92 Å². The molecule has 1 amide bonds. The lowest BCUT2D eigenvalue weighted by atomic mass is 9.89. The van der Waals surface area contributed by atoms with Gasteiger partial charge in [-0.3, -0.25) is 9.59 Å². The molecule has 1 atom stereocenters. The molecule has 22 heavy (non-hydrogen) atoms. The predicted molar refractivity (Wildman–Crippen MR) is 78.6 cm³/mol. The molecule has 0 saturated carbocycles. The second-order valence-electron chi connectivity index (χ2n) is 5.35. The third kappa shape index (κ3) is 2.03. The Labute approximate surface area is 127 Å². The Bertz CT molecular complexity index is 752. The van der Waals surface area contributed by atoms with Gasteiger partial charge in [-0.25, -0.2) is 0 Å². The lowest BCUT2D eigenvalue weighted by molar-refractivity contribution is -0.135. The van der Waals surface area contributed by atoms with Crippen molar-refractivity contribution in [2.45, 2.75) is 25.9 Å². The number of nitrogens with zero attached hydrogens (tertiary/aromatic N) is 2. The number of para-hydroxylation sites is 1. The van der Waals surface area contributed by atoms with Crippen molar-refractivity contribution in [3.05, 3.63) is 47.3 Å². The van der Waals surface area contributed by atoms with E-state index in [1.54, 1.807) is 31.2 Å². The number of hydrogen-bond donors (Lipinski definition) is 1. The standard InChI is InChI=1S/C16H16N2O4/c1-3-18-13-7-5-4-6-11(13)16(21,15(18)20)9-14(19)12-8-10(2)22-17-12/h4-8,21H,3,9H2,1-2H3/t16-/m1/s1. The maximum Gasteiger partial charge on any atom is 0.264 e. The molecule has 0 bridgehead atoms. The first kappa shape index (κ1) is 14.5. The van der Waals surface area contributed by atoms with E-state index in [2.05, 4.69) is 5.16 Å². The number of aryl methyl sites for hydroxylation is 1. The summed E-state index contributed by atoms with van der Waals surface area (Å²) in [4.78, 5) is 26.4. The molecule has 1 N–H and O–H groups in total. The van der Waals surface area contributed by atoms with E-state index in [1.165, 1.54) is 11.0 Å². The SMILES string of the molecule is CCN1C(=O)[C@@](O)(CC(=O)c2cc(C)on2)c2ccccc21. The number of anilines is 1. The highest BCUT2D eigenvalue weighted by molar-refractivity contribution is 6.10. The first-order valence-electron chi connectivity index (χ1n) is 7.07. The maximum absolute atomic E-state index is 12.6. The van der Waals surface area contributed by atoms with Gasteiger partial charge in [-0.2, -0.15) is 0 Å². The number of aliphatic hydroxyl groups is 1. The summed E-state index contributed by atoms with van der Waals surface area (Å²) in [6.07, 6.45) is -0.356. The molecule has 0 saturated heterocycles. The minimum Gasteiger partial charge on any atom is -0.375 e. The molecule has 1 aromatic carbocycles. The number of hydrogen-bond acceptors (Lipinski definition) is 5. The predicted octanol–water partition coefficient (Wildman–Crippen LogP) is 1.81. The third-order valence-electron chi connectivity index (χ3n) is 3.89. The Kier molecular flexibility index (Phi) is 3.33. The maximum atomic E-state index is 12.6. The van der Waals surface area contributed by atoms with Crippen LogP contribution in [0.4, 0.5) is 5.69 Å². The van der Waals surface area contributed by atoms with Gasteiger partial charge in [0.2, 0.25) is 0 Å². The van der Waals surface area contributed by atoms with Crippen LogP contribution in [0.2, 0.25) is 0 Å². The molecule has 1 aliphatic heterocycles. The number of fused-ring (bicyclic) bond motifs is 1. The lowest BCUT2D eigenvalue weighted by Crippen LogP contribution is -2.41. The number of Topliss-reactive ketones (excluding diaryl/α,β-unsaturated/α-hetero) is 1. The van der Waals surface area contributed by atoms with Gasteiger partial charge >= 0.3 is 0 Å². The lowest BCUT2D eigenvalue weighted by Gasteiger charge is -2.21. The molecule has 1 aromatic heterocycles. The van der Waals surface area contributed by atoms with E-state index in [0.717, 1.165) is 0 Å². The van der Waals surface area contributed by atoms with Crippen LogP contribution >= 0.6 is 0 Å². The van der Waals surface area contributed by atoms with E-state index in [4.69, 9.17) is 4.52 Å². The van der Waals surface area contributed by atoms with Crippen molar-refractivity contribution >= 4 is 17.4 Å². The van der Waals surface area contributed by atoms with Crippen LogP contribution in [-0.4, -0.2) is 28.5 Å². The molecule has 0 spiro atoms. The van der Waals surface area contributed by atoms with Crippen LogP contribution < -0.4 is 4.90 Å². The van der Waals surface area contributed by atoms with Crippen LogP contribution in [0.1, 0.15) is 35.2 Å². The van der Waals surface area contributed by atoms with E-state index < -0.39 is 17.3 Å². The molecular formula is C16H16N2O4. The van der Waals surface area contributed by atoms with Crippen molar-refractivity contribution in [2.75, 3.05) is 11.4 Å². The largest absolute Gasteiger partial charge is 0.375 e. The molecule has 3 rings (SSSR count). The summed E-state index contributed by atoms with van der Waals surface area (Å²) in [5, 5.41) is 14.5. The van der Waals surface area contributed by atoms with E-state index in [-0.39, 0.29) is 12.1 Å². The molecule has 0 fully saturated rings. The van der Waals surface area contributed by atoms with Crippen molar-refractivity contribution in [3.8, 4) is 0 Å². The van der Waals surface area contributed by atoms with Crippen LogP contribution in [0.3, 0.4) is 0 Å². The van der Waals surface area contributed by atoms with Crippen molar-refractivity contribution in [1.29, 1.82) is 0 Å². The zero-order chi connectivity index (χ0) is 15.9. The highest BCUT2D eigenvalue weighted by Gasteiger charge is 2.50. The summed E-state index contributed by atoms with van der Waals surface area (Å²) < 4.78 is 4.87. The summed E-state index contributed by atoms with van der Waals surface area (Å²) in [7, 11) is 0. The number of aromatic nitrogens is 1. The summed E-state index contributed by atoms with van der Waals surface area (Å²) in [6.45, 7) is 3.92. The van der Waals surface area contributed by atoms with Crippen LogP contribution in [0.5, 0.6) is 0 Å². The van der Waals surface area contributed by atoms with Gasteiger partial charge < -0.3 is 14.5 Å². The quantitative estimate of drug-likeness (QED) is 0.871. The molecule has 2 aromatic rings. The molecule has 0 unspecified atom stereocenters. The molecule has 6 nitrogen and oxygen atoms in total. The van der Waals surface area contributed by atoms with Crippen LogP contribution in [0.25, 0.3) is 0 Å². The summed E-state index contributed by atoms with van der Waals surface area (Å²) in [5.74, 6) is -0.408. The molecule has 1 aliphatic rings. The summed E-state index contributed by atoms with van der Waals surface area (Å²) in [5.41, 5.74) is -0.639. The van der Waals surface area contributed by atoms with E-state index >= 15 is 0 Å². The normalized spacial score (nSPS) is 20.3. The Hall–Kier alpha value is -2.47. The Morgan fingerprint density at radius 2 is 2.14 bits per heavy atom. The van der Waals surface area contributed by atoms with Gasteiger partial charge in [-0.1, -0.05) is 23.4 Å². The average molecular weight is 300 g/mol. The fourth-order valence-corrected chi connectivity index (χ4v) is 2.81. The van der Waals surface area contributed by atoms with Crippen molar-refractivity contribution in [3.63, 3.8) is 0 Å². The first-order valence-corrected chi connectivity index (χ1v) is 7.07. The van der Waals surface area contributed by atoms with Gasteiger partial charge in [0.15, 0.2) is 11.4 Å². The number of benzene rings is 1. The third-order valence-corrected chi connectivity index (χ3v) is 3.89. The highest BCUT2D eigenvalue weighted by Crippen LogP contribution is 2.42. The summed E-state index contributed by atoms with van der Waals surface area (Å²) >= 11 is 0. The fraction of sp³-hybridized carbons (Fsp3) is 0.312. The van der Waals surface area contributed by atoms with E-state index in [9.17, 15) is 14.7 Å². The molecule has 6 heteroatoms. The van der Waals surface area contributed by atoms with Gasteiger partial charge in [0.1, 0.15) is 11.5 Å². The smallest absolute Gasteiger partial charge is 0.264 e. The van der Waals surface area contributed by atoms with Gasteiger partial charge in [-0.15, -0.1) is 0 Å². The highest BCUT2D eigenvalue weighted by atomic mass is 16.5. The second kappa shape index (κ2) is 5.06. The number of carbonyl (C=O) groups is 2. The molecule has 0 radical (unpaired) electrons. The summed E-state index contributed by atoms with van der Waals surface area (Å²) in [6, 6.07) is 8.46. The topological polar surface area (TPSA) is 83.6 Å². The van der Waals surface area contributed by atoms with Gasteiger partial charge in [0.05, 0.1) is 12.1 Å². The molecule has 2 heterocycles. The number of carbonyl (C=O) groups excluding carboxylic acids is 2. The van der Waals surface area contributed by atoms with Crippen molar-refractivity contribution < 1.29 is 19.2 Å². The number of ketones is 1. The van der Waals surface area contributed by atoms with Crippen LogP contribution in [-0.2, 0) is 10.4 Å². The zero-order valence-electron chi connectivity index (χ0n) is 12.4. The monoisotopic (exact) mass is 300 g/mol. The fourth-order valence-electron chi connectivity index (χ4n) is 2.81. The Morgan fingerprint density at radius 3 is 2.77 bits per heavy atom. The Morgan fingerprint density at radius 1 is 1.41 bits per heavy atom. The molecular weight excluding hydrogens is 284 g/mol. The number of rotatable bonds is 4. The van der Waals surface area contributed by atoms with E-state index in [0.29, 0.717) is 23.6 Å². The molecule has 0 aliphatic carbocycles. The van der Waals surface area contributed by atoms with E-state index in [1.807, 2.05) is 6.92 Å². The zero-order valence-corrected chi connectivity index (χ0v) is 12.4. The average Bonchev–Trinajstić information content (AvgIpc) is 3.02. The van der Waals surface area contributed by atoms with Gasteiger partial charge in [0, 0.05) is 18.2 Å². The Balaban J connectivity index is 1.98. The van der Waals surface area contributed by atoms with Crippen molar-refractivity contribution in [1.82, 2.24) is 5.16 Å². The van der Waals surface area contributed by atoms with Gasteiger partial charge in [0.25, 0.3) is 5.91 Å². The van der Waals surface area contributed by atoms with Gasteiger partial charge in [-0.05, 0) is 19.9 Å². The number of likely N-dealkylation sites (N-methyl/N-ethyl adjacent to an activating group) is 1. The molecule has 114 valence electrons. The second-order valence-corrected chi connectivity index (χ2v) is 5.35. The van der Waals surface area contributed by atoms with Crippen LogP contribution in [0.15, 0.2) is 34.9 Å². The van der Waals surface area contributed by atoms with Crippen molar-refractivity contribution in [2.24, 2.45) is 0 Å². The minimum atomic E-state index is -1.85. The minimum absolute atomic E-state index is 0.117.